The van der Waals surface area contributed by atoms with Gasteiger partial charge >= 0.3 is 0 Å². The molecule has 1 rings (SSSR count). The lowest BCUT2D eigenvalue weighted by atomic mass is 10.1. The number of methoxy groups -OCH3 is 1. The Morgan fingerprint density at radius 1 is 1.05 bits per heavy atom. The molecule has 0 atom stereocenters. The Hall–Kier alpha value is -1.26. The van der Waals surface area contributed by atoms with Gasteiger partial charge < -0.3 is 15.2 Å². The highest BCUT2D eigenvalue weighted by atomic mass is 16.5. The molecule has 0 aliphatic rings. The molecule has 4 nitrogen and oxygen atoms in total. The minimum absolute atomic E-state index is 0.597. The number of nitrogen functional groups attached to an aromatic ring is 1. The molecule has 0 saturated heterocycles. The monoisotopic (exact) mass is 280 g/mol. The smallest absolute Gasteiger partial charge is 0.119 e. The summed E-state index contributed by atoms with van der Waals surface area (Å²) in [7, 11) is 1.75. The third-order valence-electron chi connectivity index (χ3n) is 3.57. The van der Waals surface area contributed by atoms with E-state index in [-0.39, 0.29) is 0 Å². The highest BCUT2D eigenvalue weighted by Gasteiger charge is 2.14. The van der Waals surface area contributed by atoms with Crippen molar-refractivity contribution < 1.29 is 9.47 Å². The number of benzene rings is 1. The zero-order valence-electron chi connectivity index (χ0n) is 13.0. The summed E-state index contributed by atoms with van der Waals surface area (Å²) in [6.07, 6.45) is 2.31. The predicted molar refractivity (Wildman–Crippen MR) is 84.2 cm³/mol. The molecule has 1 aromatic rings. The van der Waals surface area contributed by atoms with E-state index in [9.17, 15) is 0 Å². The molecule has 0 radical (unpaired) electrons. The lowest BCUT2D eigenvalue weighted by molar-refractivity contribution is 0.101. The summed E-state index contributed by atoms with van der Waals surface area (Å²) >= 11 is 0. The first-order chi connectivity index (χ1) is 9.71. The minimum Gasteiger partial charge on any atom is -0.492 e. The molecule has 0 aliphatic heterocycles. The van der Waals surface area contributed by atoms with E-state index in [0.717, 1.165) is 44.0 Å². The third-order valence-corrected chi connectivity index (χ3v) is 3.57. The lowest BCUT2D eigenvalue weighted by Crippen LogP contribution is -2.39. The highest BCUT2D eigenvalue weighted by Crippen LogP contribution is 2.14. The van der Waals surface area contributed by atoms with Gasteiger partial charge in [-0.2, -0.15) is 0 Å². The van der Waals surface area contributed by atoms with Crippen LogP contribution in [0.1, 0.15) is 26.7 Å². The first-order valence-corrected chi connectivity index (χ1v) is 7.42. The van der Waals surface area contributed by atoms with Gasteiger partial charge in [0.1, 0.15) is 12.4 Å². The van der Waals surface area contributed by atoms with Gasteiger partial charge in [-0.1, -0.05) is 13.8 Å². The Bertz CT molecular complexity index is 350. The molecule has 1 aromatic carbocycles. The molecule has 0 heterocycles. The van der Waals surface area contributed by atoms with E-state index in [1.54, 1.807) is 7.11 Å². The van der Waals surface area contributed by atoms with Crippen molar-refractivity contribution >= 4 is 5.69 Å². The largest absolute Gasteiger partial charge is 0.492 e. The molecule has 0 bridgehead atoms. The summed E-state index contributed by atoms with van der Waals surface area (Å²) < 4.78 is 11.0. The van der Waals surface area contributed by atoms with Crippen LogP contribution < -0.4 is 10.5 Å². The van der Waals surface area contributed by atoms with Crippen LogP contribution in [0.15, 0.2) is 24.3 Å². The number of hydrogen-bond donors (Lipinski definition) is 1. The second kappa shape index (κ2) is 9.61. The predicted octanol–water partition coefficient (Wildman–Crippen LogP) is 2.78. The number of nitrogens with zero attached hydrogens (tertiary/aromatic N) is 1. The van der Waals surface area contributed by atoms with E-state index >= 15 is 0 Å². The molecule has 20 heavy (non-hydrogen) atoms. The van der Waals surface area contributed by atoms with Crippen molar-refractivity contribution in [2.75, 3.05) is 39.1 Å². The topological polar surface area (TPSA) is 47.7 Å². The van der Waals surface area contributed by atoms with Gasteiger partial charge in [0, 0.05) is 31.9 Å². The summed E-state index contributed by atoms with van der Waals surface area (Å²) in [5.41, 5.74) is 6.42. The fourth-order valence-electron chi connectivity index (χ4n) is 2.34. The molecule has 0 saturated carbocycles. The SMILES string of the molecule is CCC(CC)N(CCOC)CCOc1ccc(N)cc1. The van der Waals surface area contributed by atoms with Gasteiger partial charge in [0.25, 0.3) is 0 Å². The number of rotatable bonds is 10. The van der Waals surface area contributed by atoms with E-state index < -0.39 is 0 Å². The quantitative estimate of drug-likeness (QED) is 0.670. The number of hydrogen-bond acceptors (Lipinski definition) is 4. The molecule has 114 valence electrons. The molecule has 4 heteroatoms. The lowest BCUT2D eigenvalue weighted by Gasteiger charge is -2.30. The maximum absolute atomic E-state index is 5.77. The minimum atomic E-state index is 0.597. The average Bonchev–Trinajstić information content (AvgIpc) is 2.47. The van der Waals surface area contributed by atoms with Crippen molar-refractivity contribution in [3.8, 4) is 5.75 Å². The first kappa shape index (κ1) is 16.8. The molecular formula is C16H28N2O2. The average molecular weight is 280 g/mol. The van der Waals surface area contributed by atoms with Crippen LogP contribution in [0, 0.1) is 0 Å². The highest BCUT2D eigenvalue weighted by molar-refractivity contribution is 5.41. The standard InChI is InChI=1S/C16H28N2O2/c1-4-15(5-2)18(10-12-19-3)11-13-20-16-8-6-14(17)7-9-16/h6-9,15H,4-5,10-13,17H2,1-3H3. The van der Waals surface area contributed by atoms with E-state index in [1.807, 2.05) is 24.3 Å². The molecule has 0 amide bonds. The molecule has 0 aliphatic carbocycles. The van der Waals surface area contributed by atoms with Crippen molar-refractivity contribution in [1.29, 1.82) is 0 Å². The van der Waals surface area contributed by atoms with Gasteiger partial charge in [0.2, 0.25) is 0 Å². The zero-order chi connectivity index (χ0) is 14.8. The van der Waals surface area contributed by atoms with Crippen LogP contribution in [-0.2, 0) is 4.74 Å². The van der Waals surface area contributed by atoms with Crippen LogP contribution in [0.3, 0.4) is 0 Å². The molecule has 2 N–H and O–H groups in total. The Kier molecular flexibility index (Phi) is 8.07. The normalized spacial score (nSPS) is 11.2. The Morgan fingerprint density at radius 2 is 1.65 bits per heavy atom. The number of anilines is 1. The molecule has 0 fully saturated rings. The van der Waals surface area contributed by atoms with Crippen molar-refractivity contribution in [2.45, 2.75) is 32.7 Å². The number of ether oxygens (including phenoxy) is 2. The van der Waals surface area contributed by atoms with Gasteiger partial charge in [-0.15, -0.1) is 0 Å². The summed E-state index contributed by atoms with van der Waals surface area (Å²) in [5, 5.41) is 0. The van der Waals surface area contributed by atoms with Gasteiger partial charge in [0.05, 0.1) is 6.61 Å². The van der Waals surface area contributed by atoms with Crippen LogP contribution in [-0.4, -0.2) is 44.4 Å². The molecule has 0 spiro atoms. The van der Waals surface area contributed by atoms with Crippen LogP contribution in [0.4, 0.5) is 5.69 Å². The molecular weight excluding hydrogens is 252 g/mol. The summed E-state index contributed by atoms with van der Waals surface area (Å²) in [6.45, 7) is 7.78. The summed E-state index contributed by atoms with van der Waals surface area (Å²) in [4.78, 5) is 2.45. The van der Waals surface area contributed by atoms with Crippen molar-refractivity contribution in [3.05, 3.63) is 24.3 Å². The molecule has 0 aromatic heterocycles. The Balaban J connectivity index is 2.42. The van der Waals surface area contributed by atoms with E-state index in [4.69, 9.17) is 15.2 Å². The van der Waals surface area contributed by atoms with Gasteiger partial charge in [0.15, 0.2) is 0 Å². The van der Waals surface area contributed by atoms with E-state index in [1.165, 1.54) is 0 Å². The van der Waals surface area contributed by atoms with Crippen LogP contribution in [0.25, 0.3) is 0 Å². The van der Waals surface area contributed by atoms with E-state index in [0.29, 0.717) is 12.6 Å². The van der Waals surface area contributed by atoms with Gasteiger partial charge in [-0.05, 0) is 37.1 Å². The third kappa shape index (κ3) is 5.80. The van der Waals surface area contributed by atoms with Crippen molar-refractivity contribution in [1.82, 2.24) is 4.90 Å². The summed E-state index contributed by atoms with van der Waals surface area (Å²) in [6, 6.07) is 8.13. The van der Waals surface area contributed by atoms with Crippen LogP contribution >= 0.6 is 0 Å². The van der Waals surface area contributed by atoms with Crippen LogP contribution in [0.5, 0.6) is 5.75 Å². The van der Waals surface area contributed by atoms with Crippen molar-refractivity contribution in [2.24, 2.45) is 0 Å². The first-order valence-electron chi connectivity index (χ1n) is 7.42. The zero-order valence-corrected chi connectivity index (χ0v) is 13.0. The second-order valence-electron chi connectivity index (χ2n) is 4.92. The van der Waals surface area contributed by atoms with Gasteiger partial charge in [-0.25, -0.2) is 0 Å². The van der Waals surface area contributed by atoms with Crippen LogP contribution in [0.2, 0.25) is 0 Å². The van der Waals surface area contributed by atoms with Gasteiger partial charge in [-0.3, -0.25) is 4.90 Å². The second-order valence-corrected chi connectivity index (χ2v) is 4.92. The number of nitrogens with two attached hydrogens (primary N) is 1. The maximum atomic E-state index is 5.77. The fraction of sp³-hybridized carbons (Fsp3) is 0.625. The molecule has 0 unspecified atom stereocenters. The maximum Gasteiger partial charge on any atom is 0.119 e. The Morgan fingerprint density at radius 3 is 2.20 bits per heavy atom. The Labute approximate surface area is 122 Å². The summed E-state index contributed by atoms with van der Waals surface area (Å²) in [5.74, 6) is 0.871. The fourth-order valence-corrected chi connectivity index (χ4v) is 2.34. The van der Waals surface area contributed by atoms with Crippen molar-refractivity contribution in [3.63, 3.8) is 0 Å². The van der Waals surface area contributed by atoms with E-state index in [2.05, 4.69) is 18.7 Å².